The number of ether oxygens (including phenoxy) is 1. The van der Waals surface area contributed by atoms with E-state index in [2.05, 4.69) is 34.0 Å². The molecule has 0 amide bonds. The van der Waals surface area contributed by atoms with E-state index in [-0.39, 0.29) is 5.97 Å². The SMILES string of the molecule is Cc1cc(-c2ncnc3[nH]ccc23)ccc1CCC(=O)OC(C)(C)C. The van der Waals surface area contributed by atoms with E-state index in [1.807, 2.05) is 39.1 Å². The van der Waals surface area contributed by atoms with Crippen LogP contribution in [0.5, 0.6) is 0 Å². The second-order valence-electron chi connectivity index (χ2n) is 7.19. The number of H-pyrrole nitrogens is 1. The van der Waals surface area contributed by atoms with Gasteiger partial charge in [0.1, 0.15) is 17.6 Å². The zero-order chi connectivity index (χ0) is 18.0. The zero-order valence-electron chi connectivity index (χ0n) is 15.1. The number of benzene rings is 1. The Kier molecular flexibility index (Phi) is 4.57. The van der Waals surface area contributed by atoms with E-state index in [9.17, 15) is 4.79 Å². The van der Waals surface area contributed by atoms with Crippen molar-refractivity contribution >= 4 is 17.0 Å². The number of fused-ring (bicyclic) bond motifs is 1. The first-order valence-corrected chi connectivity index (χ1v) is 8.43. The van der Waals surface area contributed by atoms with Gasteiger partial charge in [0, 0.05) is 23.6 Å². The molecule has 25 heavy (non-hydrogen) atoms. The van der Waals surface area contributed by atoms with E-state index in [4.69, 9.17) is 4.74 Å². The van der Waals surface area contributed by atoms with E-state index in [0.29, 0.717) is 12.8 Å². The lowest BCUT2D eigenvalue weighted by molar-refractivity contribution is -0.154. The standard InChI is InChI=1S/C20H23N3O2/c1-13-11-15(18-16-9-10-21-19(16)23-12-22-18)6-5-14(13)7-8-17(24)25-20(2,3)4/h5-6,9-12H,7-8H2,1-4H3,(H,21,22,23). The summed E-state index contributed by atoms with van der Waals surface area (Å²) in [5, 5.41) is 1.00. The monoisotopic (exact) mass is 337 g/mol. The van der Waals surface area contributed by atoms with Gasteiger partial charge in [-0.15, -0.1) is 0 Å². The summed E-state index contributed by atoms with van der Waals surface area (Å²) in [6.45, 7) is 7.71. The summed E-state index contributed by atoms with van der Waals surface area (Å²) in [5.41, 5.74) is 4.64. The summed E-state index contributed by atoms with van der Waals surface area (Å²) < 4.78 is 5.37. The van der Waals surface area contributed by atoms with Crippen molar-refractivity contribution in [1.82, 2.24) is 15.0 Å². The molecule has 0 fully saturated rings. The maximum atomic E-state index is 11.9. The van der Waals surface area contributed by atoms with Gasteiger partial charge in [-0.3, -0.25) is 4.79 Å². The molecular weight excluding hydrogens is 314 g/mol. The molecule has 3 rings (SSSR count). The molecule has 130 valence electrons. The molecule has 5 nitrogen and oxygen atoms in total. The Bertz CT molecular complexity index is 907. The van der Waals surface area contributed by atoms with Gasteiger partial charge in [0.15, 0.2) is 0 Å². The molecule has 0 unspecified atom stereocenters. The summed E-state index contributed by atoms with van der Waals surface area (Å²) in [4.78, 5) is 23.7. The highest BCUT2D eigenvalue weighted by molar-refractivity contribution is 5.90. The third-order valence-corrected chi connectivity index (χ3v) is 3.99. The lowest BCUT2D eigenvalue weighted by Crippen LogP contribution is -2.24. The van der Waals surface area contributed by atoms with Crippen molar-refractivity contribution < 1.29 is 9.53 Å². The van der Waals surface area contributed by atoms with E-state index >= 15 is 0 Å². The van der Waals surface area contributed by atoms with Crippen molar-refractivity contribution in [1.29, 1.82) is 0 Å². The van der Waals surface area contributed by atoms with E-state index in [0.717, 1.165) is 33.4 Å². The number of aryl methyl sites for hydroxylation is 2. The fourth-order valence-corrected chi connectivity index (χ4v) is 2.86. The summed E-state index contributed by atoms with van der Waals surface area (Å²) in [7, 11) is 0. The minimum atomic E-state index is -0.440. The lowest BCUT2D eigenvalue weighted by Gasteiger charge is -2.19. The van der Waals surface area contributed by atoms with Crippen LogP contribution < -0.4 is 0 Å². The predicted octanol–water partition coefficient (Wildman–Crippen LogP) is 4.21. The van der Waals surface area contributed by atoms with E-state index in [1.54, 1.807) is 6.33 Å². The molecule has 0 aliphatic rings. The highest BCUT2D eigenvalue weighted by atomic mass is 16.6. The molecule has 0 aliphatic carbocycles. The molecule has 1 N–H and O–H groups in total. The average Bonchev–Trinajstić information content (AvgIpc) is 3.00. The quantitative estimate of drug-likeness (QED) is 0.724. The van der Waals surface area contributed by atoms with Crippen molar-refractivity contribution in [2.45, 2.75) is 46.1 Å². The smallest absolute Gasteiger partial charge is 0.306 e. The lowest BCUT2D eigenvalue weighted by atomic mass is 9.99. The first-order chi connectivity index (χ1) is 11.8. The number of aromatic nitrogens is 3. The molecule has 2 aromatic heterocycles. The first-order valence-electron chi connectivity index (χ1n) is 8.43. The van der Waals surface area contributed by atoms with Gasteiger partial charge in [-0.1, -0.05) is 12.1 Å². The van der Waals surface area contributed by atoms with Crippen molar-refractivity contribution in [3.8, 4) is 11.3 Å². The van der Waals surface area contributed by atoms with Gasteiger partial charge >= 0.3 is 5.97 Å². The van der Waals surface area contributed by atoms with Crippen LogP contribution in [-0.4, -0.2) is 26.5 Å². The number of carbonyl (C=O) groups is 1. The van der Waals surface area contributed by atoms with Crippen LogP contribution in [-0.2, 0) is 16.0 Å². The second kappa shape index (κ2) is 6.67. The van der Waals surface area contributed by atoms with Crippen molar-refractivity contribution in [3.05, 3.63) is 47.9 Å². The fraction of sp³-hybridized carbons (Fsp3) is 0.350. The minimum absolute atomic E-state index is 0.166. The largest absolute Gasteiger partial charge is 0.460 e. The normalized spacial score (nSPS) is 11.7. The van der Waals surface area contributed by atoms with Crippen LogP contribution in [0, 0.1) is 6.92 Å². The van der Waals surface area contributed by atoms with E-state index in [1.165, 1.54) is 0 Å². The Balaban J connectivity index is 1.77. The number of rotatable bonds is 4. The van der Waals surface area contributed by atoms with Crippen LogP contribution in [0.25, 0.3) is 22.3 Å². The molecule has 0 bridgehead atoms. The van der Waals surface area contributed by atoms with Gasteiger partial charge in [0.25, 0.3) is 0 Å². The van der Waals surface area contributed by atoms with Crippen molar-refractivity contribution in [3.63, 3.8) is 0 Å². The van der Waals surface area contributed by atoms with Gasteiger partial charge in [-0.2, -0.15) is 0 Å². The average molecular weight is 337 g/mol. The minimum Gasteiger partial charge on any atom is -0.460 e. The van der Waals surface area contributed by atoms with Gasteiger partial charge in [0.2, 0.25) is 0 Å². The molecule has 0 atom stereocenters. The molecule has 0 saturated heterocycles. The highest BCUT2D eigenvalue weighted by Crippen LogP contribution is 2.27. The zero-order valence-corrected chi connectivity index (χ0v) is 15.1. The maximum Gasteiger partial charge on any atom is 0.306 e. The number of nitrogens with zero attached hydrogens (tertiary/aromatic N) is 2. The molecule has 0 aliphatic heterocycles. The Labute approximate surface area is 147 Å². The molecular formula is C20H23N3O2. The van der Waals surface area contributed by atoms with Crippen LogP contribution in [0.3, 0.4) is 0 Å². The molecule has 0 saturated carbocycles. The number of nitrogens with one attached hydrogen (secondary N) is 1. The van der Waals surface area contributed by atoms with Crippen LogP contribution in [0.1, 0.15) is 38.3 Å². The maximum absolute atomic E-state index is 11.9. The van der Waals surface area contributed by atoms with Crippen LogP contribution in [0.15, 0.2) is 36.8 Å². The Morgan fingerprint density at radius 2 is 2.00 bits per heavy atom. The second-order valence-corrected chi connectivity index (χ2v) is 7.19. The summed E-state index contributed by atoms with van der Waals surface area (Å²) in [5.74, 6) is -0.166. The Morgan fingerprint density at radius 1 is 1.20 bits per heavy atom. The Morgan fingerprint density at radius 3 is 2.72 bits per heavy atom. The van der Waals surface area contributed by atoms with Crippen LogP contribution >= 0.6 is 0 Å². The number of hydrogen-bond acceptors (Lipinski definition) is 4. The van der Waals surface area contributed by atoms with Crippen LogP contribution in [0.2, 0.25) is 0 Å². The predicted molar refractivity (Wildman–Crippen MR) is 98.2 cm³/mol. The topological polar surface area (TPSA) is 67.9 Å². The van der Waals surface area contributed by atoms with Gasteiger partial charge in [-0.25, -0.2) is 9.97 Å². The summed E-state index contributed by atoms with van der Waals surface area (Å²) in [6.07, 6.45) is 4.49. The summed E-state index contributed by atoms with van der Waals surface area (Å²) >= 11 is 0. The molecule has 2 heterocycles. The van der Waals surface area contributed by atoms with Gasteiger partial charge in [0.05, 0.1) is 5.69 Å². The van der Waals surface area contributed by atoms with Crippen molar-refractivity contribution in [2.75, 3.05) is 0 Å². The molecule has 3 aromatic rings. The Hall–Kier alpha value is -2.69. The van der Waals surface area contributed by atoms with Gasteiger partial charge < -0.3 is 9.72 Å². The fourth-order valence-electron chi connectivity index (χ4n) is 2.86. The molecule has 0 spiro atoms. The van der Waals surface area contributed by atoms with Gasteiger partial charge in [-0.05, 0) is 57.4 Å². The molecule has 5 heteroatoms. The number of aromatic amines is 1. The van der Waals surface area contributed by atoms with Crippen LogP contribution in [0.4, 0.5) is 0 Å². The number of carbonyl (C=O) groups excluding carboxylic acids is 1. The van der Waals surface area contributed by atoms with Crippen molar-refractivity contribution in [2.24, 2.45) is 0 Å². The first kappa shape index (κ1) is 17.1. The molecule has 1 aromatic carbocycles. The highest BCUT2D eigenvalue weighted by Gasteiger charge is 2.16. The number of hydrogen-bond donors (Lipinski definition) is 1. The summed E-state index contributed by atoms with van der Waals surface area (Å²) in [6, 6.07) is 8.21. The number of esters is 1. The third kappa shape index (κ3) is 4.05. The third-order valence-electron chi connectivity index (χ3n) is 3.99. The molecule has 0 radical (unpaired) electrons. The van der Waals surface area contributed by atoms with E-state index < -0.39 is 5.60 Å².